The lowest BCUT2D eigenvalue weighted by molar-refractivity contribution is -0.119. The molecular formula is C9H15N3O. The molecule has 0 fully saturated rings. The van der Waals surface area contributed by atoms with Gasteiger partial charge in [0.1, 0.15) is 5.82 Å². The van der Waals surface area contributed by atoms with Crippen molar-refractivity contribution < 1.29 is 4.79 Å². The first-order chi connectivity index (χ1) is 6.15. The second kappa shape index (κ2) is 4.07. The second-order valence-corrected chi connectivity index (χ2v) is 2.99. The minimum absolute atomic E-state index is 0.0209. The van der Waals surface area contributed by atoms with E-state index in [0.29, 0.717) is 0 Å². The Labute approximate surface area is 78.0 Å². The molecule has 0 radical (unpaired) electrons. The highest BCUT2D eigenvalue weighted by molar-refractivity contribution is 5.73. The van der Waals surface area contributed by atoms with Gasteiger partial charge in [0.15, 0.2) is 0 Å². The van der Waals surface area contributed by atoms with Crippen molar-refractivity contribution in [1.82, 2.24) is 14.9 Å². The van der Waals surface area contributed by atoms with Gasteiger partial charge < -0.3 is 9.88 Å². The van der Waals surface area contributed by atoms with Gasteiger partial charge >= 0.3 is 0 Å². The molecule has 0 aliphatic heterocycles. The Hall–Kier alpha value is -1.32. The Morgan fingerprint density at radius 1 is 1.77 bits per heavy atom. The number of carbonyl (C=O) groups is 1. The van der Waals surface area contributed by atoms with Gasteiger partial charge in [-0.05, 0) is 13.8 Å². The first-order valence-corrected chi connectivity index (χ1v) is 4.43. The fourth-order valence-electron chi connectivity index (χ4n) is 1.34. The molecule has 1 atom stereocenters. The molecule has 0 saturated carbocycles. The van der Waals surface area contributed by atoms with Gasteiger partial charge in [0, 0.05) is 25.9 Å². The highest BCUT2D eigenvalue weighted by atomic mass is 16.1. The van der Waals surface area contributed by atoms with E-state index in [0.717, 1.165) is 12.4 Å². The average Bonchev–Trinajstić information content (AvgIpc) is 2.49. The number of amides is 1. The van der Waals surface area contributed by atoms with Gasteiger partial charge in [-0.15, -0.1) is 0 Å². The minimum Gasteiger partial charge on any atom is -0.347 e. The number of hydrogen-bond acceptors (Lipinski definition) is 2. The molecule has 0 aliphatic rings. The molecule has 1 unspecified atom stereocenters. The number of hydrogen-bond donors (Lipinski definition) is 1. The highest BCUT2D eigenvalue weighted by Crippen LogP contribution is 2.09. The first kappa shape index (κ1) is 9.77. The van der Waals surface area contributed by atoms with Crippen molar-refractivity contribution in [3.05, 3.63) is 18.2 Å². The van der Waals surface area contributed by atoms with Gasteiger partial charge in [0.05, 0.1) is 6.04 Å². The van der Waals surface area contributed by atoms with E-state index in [2.05, 4.69) is 10.3 Å². The monoisotopic (exact) mass is 181 g/mol. The van der Waals surface area contributed by atoms with Crippen LogP contribution in [0.25, 0.3) is 0 Å². The number of imidazole rings is 1. The van der Waals surface area contributed by atoms with Crippen molar-refractivity contribution >= 4 is 5.91 Å². The number of rotatable bonds is 3. The summed E-state index contributed by atoms with van der Waals surface area (Å²) in [6, 6.07) is -0.0209. The van der Waals surface area contributed by atoms with Crippen molar-refractivity contribution in [1.29, 1.82) is 0 Å². The van der Waals surface area contributed by atoms with E-state index in [4.69, 9.17) is 0 Å². The van der Waals surface area contributed by atoms with Crippen LogP contribution in [0.5, 0.6) is 0 Å². The zero-order chi connectivity index (χ0) is 9.84. The number of aryl methyl sites for hydroxylation is 1. The Bertz CT molecular complexity index is 293. The van der Waals surface area contributed by atoms with Crippen LogP contribution in [0.2, 0.25) is 0 Å². The van der Waals surface area contributed by atoms with Crippen LogP contribution in [0, 0.1) is 0 Å². The maximum atomic E-state index is 10.8. The summed E-state index contributed by atoms with van der Waals surface area (Å²) >= 11 is 0. The van der Waals surface area contributed by atoms with Crippen LogP contribution < -0.4 is 5.32 Å². The highest BCUT2D eigenvalue weighted by Gasteiger charge is 2.11. The molecule has 4 heteroatoms. The van der Waals surface area contributed by atoms with Crippen LogP contribution in [-0.4, -0.2) is 15.5 Å². The molecule has 0 aromatic carbocycles. The van der Waals surface area contributed by atoms with Gasteiger partial charge in [-0.1, -0.05) is 0 Å². The number of aromatic nitrogens is 2. The molecule has 1 aromatic rings. The summed E-state index contributed by atoms with van der Waals surface area (Å²) < 4.78 is 2.01. The SMILES string of the molecule is CCn1ccnc1C(C)NC(C)=O. The lowest BCUT2D eigenvalue weighted by atomic mass is 10.3. The molecule has 1 heterocycles. The molecule has 0 bridgehead atoms. The largest absolute Gasteiger partial charge is 0.347 e. The van der Waals surface area contributed by atoms with E-state index in [1.807, 2.05) is 24.6 Å². The van der Waals surface area contributed by atoms with E-state index in [-0.39, 0.29) is 11.9 Å². The molecular weight excluding hydrogens is 166 g/mol. The van der Waals surface area contributed by atoms with E-state index < -0.39 is 0 Å². The summed E-state index contributed by atoms with van der Waals surface area (Å²) in [6.07, 6.45) is 3.66. The quantitative estimate of drug-likeness (QED) is 0.759. The summed E-state index contributed by atoms with van der Waals surface area (Å²) in [7, 11) is 0. The second-order valence-electron chi connectivity index (χ2n) is 2.99. The molecule has 1 aromatic heterocycles. The molecule has 0 spiro atoms. The van der Waals surface area contributed by atoms with Gasteiger partial charge in [0.25, 0.3) is 0 Å². The van der Waals surface area contributed by atoms with Gasteiger partial charge in [-0.2, -0.15) is 0 Å². The molecule has 72 valence electrons. The zero-order valence-electron chi connectivity index (χ0n) is 8.24. The van der Waals surface area contributed by atoms with Crippen LogP contribution in [0.3, 0.4) is 0 Å². The maximum absolute atomic E-state index is 10.8. The molecule has 13 heavy (non-hydrogen) atoms. The predicted molar refractivity (Wildman–Crippen MR) is 50.1 cm³/mol. The van der Waals surface area contributed by atoms with Crippen molar-refractivity contribution in [2.24, 2.45) is 0 Å². The minimum atomic E-state index is -0.0295. The Morgan fingerprint density at radius 3 is 3.00 bits per heavy atom. The van der Waals surface area contributed by atoms with E-state index >= 15 is 0 Å². The smallest absolute Gasteiger partial charge is 0.217 e. The van der Waals surface area contributed by atoms with Crippen LogP contribution >= 0.6 is 0 Å². The van der Waals surface area contributed by atoms with Crippen LogP contribution in [0.1, 0.15) is 32.6 Å². The van der Waals surface area contributed by atoms with E-state index in [1.165, 1.54) is 6.92 Å². The molecule has 1 amide bonds. The number of nitrogens with zero attached hydrogens (tertiary/aromatic N) is 2. The molecule has 4 nitrogen and oxygen atoms in total. The summed E-state index contributed by atoms with van der Waals surface area (Å²) in [5, 5.41) is 2.80. The average molecular weight is 181 g/mol. The van der Waals surface area contributed by atoms with Crippen molar-refractivity contribution in [3.63, 3.8) is 0 Å². The van der Waals surface area contributed by atoms with Crippen LogP contribution in [-0.2, 0) is 11.3 Å². The Morgan fingerprint density at radius 2 is 2.46 bits per heavy atom. The topological polar surface area (TPSA) is 46.9 Å². The first-order valence-electron chi connectivity index (χ1n) is 4.43. The normalized spacial score (nSPS) is 12.5. The Balaban J connectivity index is 2.75. The van der Waals surface area contributed by atoms with E-state index in [9.17, 15) is 4.79 Å². The fourth-order valence-corrected chi connectivity index (χ4v) is 1.34. The third-order valence-corrected chi connectivity index (χ3v) is 1.90. The molecule has 1 rings (SSSR count). The van der Waals surface area contributed by atoms with Crippen molar-refractivity contribution in [3.8, 4) is 0 Å². The fraction of sp³-hybridized carbons (Fsp3) is 0.556. The van der Waals surface area contributed by atoms with Crippen LogP contribution in [0.4, 0.5) is 0 Å². The lowest BCUT2D eigenvalue weighted by Crippen LogP contribution is -2.26. The summed E-state index contributed by atoms with van der Waals surface area (Å²) in [6.45, 7) is 6.36. The number of nitrogens with one attached hydrogen (secondary N) is 1. The van der Waals surface area contributed by atoms with Crippen LogP contribution in [0.15, 0.2) is 12.4 Å². The third kappa shape index (κ3) is 2.31. The molecule has 1 N–H and O–H groups in total. The third-order valence-electron chi connectivity index (χ3n) is 1.90. The van der Waals surface area contributed by atoms with Gasteiger partial charge in [-0.25, -0.2) is 4.98 Å². The summed E-state index contributed by atoms with van der Waals surface area (Å²) in [5.41, 5.74) is 0. The lowest BCUT2D eigenvalue weighted by Gasteiger charge is -2.13. The maximum Gasteiger partial charge on any atom is 0.217 e. The summed E-state index contributed by atoms with van der Waals surface area (Å²) in [4.78, 5) is 15.0. The van der Waals surface area contributed by atoms with Gasteiger partial charge in [-0.3, -0.25) is 4.79 Å². The zero-order valence-corrected chi connectivity index (χ0v) is 8.24. The van der Waals surface area contributed by atoms with Crippen molar-refractivity contribution in [2.75, 3.05) is 0 Å². The molecule has 0 aliphatic carbocycles. The number of carbonyl (C=O) groups excluding carboxylic acids is 1. The van der Waals surface area contributed by atoms with Gasteiger partial charge in [0.2, 0.25) is 5.91 Å². The Kier molecular flexibility index (Phi) is 3.06. The van der Waals surface area contributed by atoms with E-state index in [1.54, 1.807) is 6.20 Å². The predicted octanol–water partition coefficient (Wildman–Crippen LogP) is 1.10. The van der Waals surface area contributed by atoms with Crippen molar-refractivity contribution in [2.45, 2.75) is 33.4 Å². The molecule has 0 saturated heterocycles. The standard InChI is InChI=1S/C9H15N3O/c1-4-12-6-5-10-9(12)7(2)11-8(3)13/h5-7H,4H2,1-3H3,(H,11,13). The summed E-state index contributed by atoms with van der Waals surface area (Å²) in [5.74, 6) is 0.871.